The normalized spacial score (nSPS) is 10.4. The molecule has 1 aromatic heterocycles. The van der Waals surface area contributed by atoms with Gasteiger partial charge in [0.1, 0.15) is 5.75 Å². The number of benzene rings is 1. The highest BCUT2D eigenvalue weighted by Gasteiger charge is 2.08. The number of nitrogens with zero attached hydrogens (tertiary/aromatic N) is 1. The quantitative estimate of drug-likeness (QED) is 0.794. The molecular formula is C10H9BrN2O. The minimum absolute atomic E-state index is 0.640. The van der Waals surface area contributed by atoms with Crippen LogP contribution in [0.5, 0.6) is 5.75 Å². The van der Waals surface area contributed by atoms with Crippen LogP contribution in [0.2, 0.25) is 0 Å². The summed E-state index contributed by atoms with van der Waals surface area (Å²) in [5.74, 6) is 0.772. The van der Waals surface area contributed by atoms with Gasteiger partial charge in [-0.1, -0.05) is 0 Å². The van der Waals surface area contributed by atoms with Gasteiger partial charge in [0.05, 0.1) is 18.3 Å². The minimum Gasteiger partial charge on any atom is -0.496 e. The fourth-order valence-corrected chi connectivity index (χ4v) is 1.77. The molecule has 14 heavy (non-hydrogen) atoms. The maximum Gasteiger partial charge on any atom is 0.129 e. The fourth-order valence-electron chi connectivity index (χ4n) is 1.37. The average molecular weight is 253 g/mol. The third-order valence-electron chi connectivity index (χ3n) is 2.06. The van der Waals surface area contributed by atoms with Crippen LogP contribution in [0.3, 0.4) is 0 Å². The van der Waals surface area contributed by atoms with Crippen molar-refractivity contribution in [3.8, 4) is 5.75 Å². The summed E-state index contributed by atoms with van der Waals surface area (Å²) in [6.45, 7) is 0. The van der Waals surface area contributed by atoms with Gasteiger partial charge in [0, 0.05) is 16.1 Å². The molecule has 0 saturated heterocycles. The SMILES string of the molecule is COc1cc(Br)c(N)c2ncccc12. The lowest BCUT2D eigenvalue weighted by molar-refractivity contribution is 0.419. The number of hydrogen-bond acceptors (Lipinski definition) is 3. The summed E-state index contributed by atoms with van der Waals surface area (Å²) in [5, 5.41) is 0.927. The van der Waals surface area contributed by atoms with Crippen molar-refractivity contribution in [2.75, 3.05) is 12.8 Å². The largest absolute Gasteiger partial charge is 0.496 e. The van der Waals surface area contributed by atoms with E-state index >= 15 is 0 Å². The number of aromatic nitrogens is 1. The Hall–Kier alpha value is -1.29. The number of methoxy groups -OCH3 is 1. The van der Waals surface area contributed by atoms with Gasteiger partial charge in [-0.25, -0.2) is 0 Å². The van der Waals surface area contributed by atoms with E-state index in [1.807, 2.05) is 18.2 Å². The van der Waals surface area contributed by atoms with Gasteiger partial charge in [-0.05, 0) is 34.1 Å². The first kappa shape index (κ1) is 9.27. The van der Waals surface area contributed by atoms with E-state index in [0.717, 1.165) is 21.1 Å². The molecule has 0 fully saturated rings. The Balaban J connectivity index is 2.89. The molecule has 0 unspecified atom stereocenters. The molecule has 0 aliphatic heterocycles. The van der Waals surface area contributed by atoms with Crippen LogP contribution in [0.25, 0.3) is 10.9 Å². The van der Waals surface area contributed by atoms with E-state index in [1.54, 1.807) is 13.3 Å². The smallest absolute Gasteiger partial charge is 0.129 e. The van der Waals surface area contributed by atoms with E-state index in [4.69, 9.17) is 10.5 Å². The van der Waals surface area contributed by atoms with Crippen LogP contribution in [0.1, 0.15) is 0 Å². The third-order valence-corrected chi connectivity index (χ3v) is 2.72. The van der Waals surface area contributed by atoms with Crippen molar-refractivity contribution >= 4 is 32.5 Å². The van der Waals surface area contributed by atoms with E-state index in [-0.39, 0.29) is 0 Å². The summed E-state index contributed by atoms with van der Waals surface area (Å²) in [6.07, 6.45) is 1.71. The van der Waals surface area contributed by atoms with Gasteiger partial charge in [-0.15, -0.1) is 0 Å². The lowest BCUT2D eigenvalue weighted by Crippen LogP contribution is -1.94. The van der Waals surface area contributed by atoms with Crippen LogP contribution in [0, 0.1) is 0 Å². The summed E-state index contributed by atoms with van der Waals surface area (Å²) in [4.78, 5) is 4.22. The molecule has 4 heteroatoms. The molecular weight excluding hydrogens is 244 g/mol. The highest BCUT2D eigenvalue weighted by atomic mass is 79.9. The molecule has 2 N–H and O–H groups in total. The highest BCUT2D eigenvalue weighted by Crippen LogP contribution is 2.34. The Labute approximate surface area is 90.0 Å². The zero-order valence-corrected chi connectivity index (χ0v) is 9.21. The summed E-state index contributed by atoms with van der Waals surface area (Å²) >= 11 is 3.36. The van der Waals surface area contributed by atoms with Crippen LogP contribution in [0.15, 0.2) is 28.9 Å². The predicted octanol–water partition coefficient (Wildman–Crippen LogP) is 2.59. The van der Waals surface area contributed by atoms with Gasteiger partial charge in [0.2, 0.25) is 0 Å². The standard InChI is InChI=1S/C10H9BrN2O/c1-14-8-5-7(11)9(12)10-6(8)3-2-4-13-10/h2-5H,12H2,1H3. The number of anilines is 1. The van der Waals surface area contributed by atoms with Crippen molar-refractivity contribution in [2.24, 2.45) is 0 Å². The molecule has 0 spiro atoms. The van der Waals surface area contributed by atoms with Crippen LogP contribution >= 0.6 is 15.9 Å². The Morgan fingerprint density at radius 2 is 2.29 bits per heavy atom. The number of pyridine rings is 1. The number of halogens is 1. The van der Waals surface area contributed by atoms with Crippen molar-refractivity contribution in [1.82, 2.24) is 4.98 Å². The lowest BCUT2D eigenvalue weighted by Gasteiger charge is -2.08. The monoisotopic (exact) mass is 252 g/mol. The van der Waals surface area contributed by atoms with Crippen LogP contribution in [-0.2, 0) is 0 Å². The molecule has 0 atom stereocenters. The van der Waals surface area contributed by atoms with Gasteiger partial charge < -0.3 is 10.5 Å². The van der Waals surface area contributed by atoms with E-state index < -0.39 is 0 Å². The molecule has 1 aromatic carbocycles. The van der Waals surface area contributed by atoms with Gasteiger partial charge in [0.15, 0.2) is 0 Å². The molecule has 0 bridgehead atoms. The second kappa shape index (κ2) is 3.46. The van der Waals surface area contributed by atoms with E-state index in [1.165, 1.54) is 0 Å². The maximum atomic E-state index is 5.88. The Morgan fingerprint density at radius 3 is 3.00 bits per heavy atom. The van der Waals surface area contributed by atoms with E-state index in [0.29, 0.717) is 5.69 Å². The summed E-state index contributed by atoms with van der Waals surface area (Å²) < 4.78 is 6.04. The zero-order chi connectivity index (χ0) is 10.1. The number of nitrogens with two attached hydrogens (primary N) is 1. The van der Waals surface area contributed by atoms with Crippen molar-refractivity contribution in [3.05, 3.63) is 28.9 Å². The number of hydrogen-bond donors (Lipinski definition) is 1. The lowest BCUT2D eigenvalue weighted by atomic mass is 10.2. The van der Waals surface area contributed by atoms with Gasteiger partial charge in [-0.3, -0.25) is 4.98 Å². The molecule has 0 aliphatic carbocycles. The topological polar surface area (TPSA) is 48.1 Å². The molecule has 3 nitrogen and oxygen atoms in total. The number of rotatable bonds is 1. The van der Waals surface area contributed by atoms with Crippen LogP contribution in [-0.4, -0.2) is 12.1 Å². The van der Waals surface area contributed by atoms with Gasteiger partial charge in [-0.2, -0.15) is 0 Å². The first-order chi connectivity index (χ1) is 6.74. The van der Waals surface area contributed by atoms with Crippen molar-refractivity contribution in [1.29, 1.82) is 0 Å². The van der Waals surface area contributed by atoms with Crippen molar-refractivity contribution < 1.29 is 4.74 Å². The van der Waals surface area contributed by atoms with E-state index in [9.17, 15) is 0 Å². The molecule has 72 valence electrons. The Kier molecular flexibility index (Phi) is 2.29. The van der Waals surface area contributed by atoms with Crippen molar-refractivity contribution in [3.63, 3.8) is 0 Å². The zero-order valence-electron chi connectivity index (χ0n) is 7.62. The predicted molar refractivity (Wildman–Crippen MR) is 60.4 cm³/mol. The Morgan fingerprint density at radius 1 is 1.50 bits per heavy atom. The second-order valence-electron chi connectivity index (χ2n) is 2.87. The molecule has 0 radical (unpaired) electrons. The molecule has 0 saturated carbocycles. The van der Waals surface area contributed by atoms with Gasteiger partial charge >= 0.3 is 0 Å². The molecule has 2 rings (SSSR count). The maximum absolute atomic E-state index is 5.88. The van der Waals surface area contributed by atoms with Crippen molar-refractivity contribution in [2.45, 2.75) is 0 Å². The Bertz CT molecular complexity index is 485. The van der Waals surface area contributed by atoms with Crippen LogP contribution in [0.4, 0.5) is 5.69 Å². The summed E-state index contributed by atoms with van der Waals surface area (Å²) in [6, 6.07) is 5.64. The first-order valence-corrected chi connectivity index (χ1v) is 4.90. The number of ether oxygens (including phenoxy) is 1. The third kappa shape index (κ3) is 1.32. The molecule has 2 aromatic rings. The summed E-state index contributed by atoms with van der Waals surface area (Å²) in [5.41, 5.74) is 7.28. The minimum atomic E-state index is 0.640. The van der Waals surface area contributed by atoms with Crippen LogP contribution < -0.4 is 10.5 Å². The second-order valence-corrected chi connectivity index (χ2v) is 3.73. The number of nitrogen functional groups attached to an aromatic ring is 1. The fraction of sp³-hybridized carbons (Fsp3) is 0.100. The molecule has 0 aliphatic rings. The summed E-state index contributed by atoms with van der Waals surface area (Å²) in [7, 11) is 1.63. The van der Waals surface area contributed by atoms with Gasteiger partial charge in [0.25, 0.3) is 0 Å². The first-order valence-electron chi connectivity index (χ1n) is 4.10. The average Bonchev–Trinajstić information content (AvgIpc) is 2.23. The number of fused-ring (bicyclic) bond motifs is 1. The van der Waals surface area contributed by atoms with E-state index in [2.05, 4.69) is 20.9 Å². The molecule has 1 heterocycles. The molecule has 0 amide bonds. The highest BCUT2D eigenvalue weighted by molar-refractivity contribution is 9.10.